The second kappa shape index (κ2) is 5.13. The highest BCUT2D eigenvalue weighted by molar-refractivity contribution is 7.90. The summed E-state index contributed by atoms with van der Waals surface area (Å²) in [4.78, 5) is 12.3. The number of hydrogen-bond donors (Lipinski definition) is 1. The maximum Gasteiger partial charge on any atom is 0.251 e. The summed E-state index contributed by atoms with van der Waals surface area (Å²) >= 11 is 5.88. The molecule has 19 heavy (non-hydrogen) atoms. The Morgan fingerprint density at radius 1 is 1.32 bits per heavy atom. The van der Waals surface area contributed by atoms with Gasteiger partial charge in [-0.1, -0.05) is 0 Å². The van der Waals surface area contributed by atoms with E-state index in [0.717, 1.165) is 25.5 Å². The molecule has 4 nitrogen and oxygen atoms in total. The molecule has 0 spiro atoms. The van der Waals surface area contributed by atoms with Crippen molar-refractivity contribution in [3.05, 3.63) is 29.8 Å². The third-order valence-corrected chi connectivity index (χ3v) is 5.13. The zero-order chi connectivity index (χ0) is 14.1. The van der Waals surface area contributed by atoms with Crippen LogP contribution in [0.4, 0.5) is 0 Å². The molecule has 1 saturated carbocycles. The number of nitrogens with one attached hydrogen (secondary N) is 1. The van der Waals surface area contributed by atoms with Gasteiger partial charge in [-0.25, -0.2) is 8.42 Å². The molecule has 0 aromatic heterocycles. The van der Waals surface area contributed by atoms with Gasteiger partial charge in [0.25, 0.3) is 5.91 Å². The molecule has 0 atom stereocenters. The minimum atomic E-state index is -3.23. The van der Waals surface area contributed by atoms with Crippen molar-refractivity contribution in [2.75, 3.05) is 12.1 Å². The van der Waals surface area contributed by atoms with Gasteiger partial charge in [0.2, 0.25) is 0 Å². The molecule has 0 aliphatic heterocycles. The minimum absolute atomic E-state index is 0.208. The molecular weight excluding hydrogens is 286 g/mol. The fourth-order valence-electron chi connectivity index (χ4n) is 2.06. The van der Waals surface area contributed by atoms with E-state index >= 15 is 0 Å². The molecule has 1 fully saturated rings. The predicted octanol–water partition coefficient (Wildman–Crippen LogP) is 1.98. The van der Waals surface area contributed by atoms with Crippen molar-refractivity contribution in [3.8, 4) is 0 Å². The lowest BCUT2D eigenvalue weighted by Gasteiger charge is -2.41. The smallest absolute Gasteiger partial charge is 0.251 e. The number of amides is 1. The van der Waals surface area contributed by atoms with E-state index in [1.807, 2.05) is 0 Å². The van der Waals surface area contributed by atoms with Gasteiger partial charge in [0.05, 0.1) is 10.4 Å². The van der Waals surface area contributed by atoms with Crippen LogP contribution in [0.1, 0.15) is 29.6 Å². The van der Waals surface area contributed by atoms with Crippen molar-refractivity contribution in [2.24, 2.45) is 0 Å². The summed E-state index contributed by atoms with van der Waals surface area (Å²) in [5.74, 6) is 0.195. The number of hydrogen-bond acceptors (Lipinski definition) is 3. The highest BCUT2D eigenvalue weighted by Crippen LogP contribution is 2.33. The third kappa shape index (κ3) is 3.09. The molecule has 1 N–H and O–H groups in total. The molecule has 6 heteroatoms. The van der Waals surface area contributed by atoms with Gasteiger partial charge in [-0.05, 0) is 43.5 Å². The Balaban J connectivity index is 2.12. The van der Waals surface area contributed by atoms with Crippen molar-refractivity contribution in [3.63, 3.8) is 0 Å². The molecule has 0 radical (unpaired) electrons. The molecule has 2 rings (SSSR count). The zero-order valence-electron chi connectivity index (χ0n) is 10.6. The molecule has 1 amide bonds. The quantitative estimate of drug-likeness (QED) is 0.865. The van der Waals surface area contributed by atoms with E-state index in [1.165, 1.54) is 24.3 Å². The largest absolute Gasteiger partial charge is 0.345 e. The average molecular weight is 302 g/mol. The van der Waals surface area contributed by atoms with Crippen LogP contribution in [0.25, 0.3) is 0 Å². The van der Waals surface area contributed by atoms with Crippen LogP contribution in [-0.2, 0) is 9.84 Å². The number of carbonyl (C=O) groups excluding carboxylic acids is 1. The summed E-state index contributed by atoms with van der Waals surface area (Å²) in [6.45, 7) is 0. The van der Waals surface area contributed by atoms with Crippen molar-refractivity contribution < 1.29 is 13.2 Å². The van der Waals surface area contributed by atoms with Gasteiger partial charge in [0.1, 0.15) is 0 Å². The molecule has 1 aliphatic carbocycles. The lowest BCUT2D eigenvalue weighted by Crippen LogP contribution is -2.55. The maximum absolute atomic E-state index is 12.1. The Bertz CT molecular complexity index is 571. The Morgan fingerprint density at radius 3 is 2.26 bits per heavy atom. The van der Waals surface area contributed by atoms with E-state index in [1.54, 1.807) is 0 Å². The van der Waals surface area contributed by atoms with Crippen molar-refractivity contribution in [1.29, 1.82) is 0 Å². The summed E-state index contributed by atoms with van der Waals surface area (Å²) in [5.41, 5.74) is 0.164. The summed E-state index contributed by atoms with van der Waals surface area (Å²) in [6, 6.07) is 5.93. The molecule has 0 bridgehead atoms. The summed E-state index contributed by atoms with van der Waals surface area (Å²) in [6.07, 6.45) is 3.99. The third-order valence-electron chi connectivity index (χ3n) is 3.49. The van der Waals surface area contributed by atoms with Crippen LogP contribution < -0.4 is 5.32 Å². The first-order valence-corrected chi connectivity index (χ1v) is 8.48. The van der Waals surface area contributed by atoms with Crippen LogP contribution in [-0.4, -0.2) is 32.0 Å². The molecule has 1 aliphatic rings. The minimum Gasteiger partial charge on any atom is -0.345 e. The fourth-order valence-corrected chi connectivity index (χ4v) is 3.03. The lowest BCUT2D eigenvalue weighted by atomic mass is 9.78. The highest BCUT2D eigenvalue weighted by Gasteiger charge is 2.37. The molecule has 104 valence electrons. The topological polar surface area (TPSA) is 63.2 Å². The van der Waals surface area contributed by atoms with Gasteiger partial charge in [-0.3, -0.25) is 4.79 Å². The van der Waals surface area contributed by atoms with Crippen molar-refractivity contribution >= 4 is 27.3 Å². The summed E-state index contributed by atoms with van der Waals surface area (Å²) < 4.78 is 22.7. The first-order valence-electron chi connectivity index (χ1n) is 6.05. The van der Waals surface area contributed by atoms with Gasteiger partial charge >= 0.3 is 0 Å². The van der Waals surface area contributed by atoms with Gasteiger partial charge < -0.3 is 5.32 Å². The molecule has 1 aromatic rings. The van der Waals surface area contributed by atoms with Crippen molar-refractivity contribution in [2.45, 2.75) is 29.7 Å². The fraction of sp³-hybridized carbons (Fsp3) is 0.462. The van der Waals surface area contributed by atoms with E-state index in [-0.39, 0.29) is 16.3 Å². The summed E-state index contributed by atoms with van der Waals surface area (Å²) in [5, 5.41) is 2.93. The second-order valence-corrected chi connectivity index (χ2v) is 7.30. The Morgan fingerprint density at radius 2 is 1.89 bits per heavy atom. The standard InChI is InChI=1S/C13H16ClNO3S/c1-19(17,18)11-5-3-10(4-6-11)12(16)15-13(9-14)7-2-8-13/h3-6H,2,7-9H2,1H3,(H,15,16). The van der Waals surface area contributed by atoms with E-state index in [2.05, 4.69) is 5.32 Å². The maximum atomic E-state index is 12.1. The van der Waals surface area contributed by atoms with Crippen LogP contribution >= 0.6 is 11.6 Å². The average Bonchev–Trinajstić information content (AvgIpc) is 2.32. The van der Waals surface area contributed by atoms with Crippen LogP contribution in [0.2, 0.25) is 0 Å². The number of alkyl halides is 1. The first-order chi connectivity index (χ1) is 8.86. The number of carbonyl (C=O) groups is 1. The van der Waals surface area contributed by atoms with E-state index in [4.69, 9.17) is 11.6 Å². The van der Waals surface area contributed by atoms with Gasteiger partial charge in [0.15, 0.2) is 9.84 Å². The van der Waals surface area contributed by atoms with Crippen molar-refractivity contribution in [1.82, 2.24) is 5.32 Å². The molecular formula is C13H16ClNO3S. The Hall–Kier alpha value is -1.07. The number of benzene rings is 1. The summed E-state index contributed by atoms with van der Waals surface area (Å²) in [7, 11) is -3.23. The van der Waals surface area contributed by atoms with Crippen LogP contribution in [0.5, 0.6) is 0 Å². The van der Waals surface area contributed by atoms with Gasteiger partial charge in [-0.2, -0.15) is 0 Å². The monoisotopic (exact) mass is 301 g/mol. The lowest BCUT2D eigenvalue weighted by molar-refractivity contribution is 0.0853. The molecule has 0 saturated heterocycles. The normalized spacial score (nSPS) is 17.6. The first kappa shape index (κ1) is 14.3. The van der Waals surface area contributed by atoms with Crippen LogP contribution in [0.3, 0.4) is 0 Å². The van der Waals surface area contributed by atoms with E-state index in [9.17, 15) is 13.2 Å². The number of rotatable bonds is 4. The molecule has 1 aromatic carbocycles. The number of halogens is 1. The molecule has 0 heterocycles. The van der Waals surface area contributed by atoms with E-state index < -0.39 is 9.84 Å². The van der Waals surface area contributed by atoms with Crippen LogP contribution in [0, 0.1) is 0 Å². The Labute approximate surface area is 118 Å². The van der Waals surface area contributed by atoms with Gasteiger partial charge in [-0.15, -0.1) is 11.6 Å². The molecule has 0 unspecified atom stereocenters. The highest BCUT2D eigenvalue weighted by atomic mass is 35.5. The predicted molar refractivity (Wildman–Crippen MR) is 74.3 cm³/mol. The SMILES string of the molecule is CS(=O)(=O)c1ccc(C(=O)NC2(CCl)CCC2)cc1. The Kier molecular flexibility index (Phi) is 3.87. The van der Waals surface area contributed by atoms with E-state index in [0.29, 0.717) is 11.4 Å². The second-order valence-electron chi connectivity index (χ2n) is 5.02. The number of sulfone groups is 1. The van der Waals surface area contributed by atoms with Crippen LogP contribution in [0.15, 0.2) is 29.2 Å². The zero-order valence-corrected chi connectivity index (χ0v) is 12.2. The van der Waals surface area contributed by atoms with Gasteiger partial charge in [0, 0.05) is 17.7 Å².